The Bertz CT molecular complexity index is 772. The number of carbonyl (C=O) groups is 2. The van der Waals surface area contributed by atoms with Gasteiger partial charge in [-0.05, 0) is 49.4 Å². The highest BCUT2D eigenvalue weighted by atomic mass is 35.5. The lowest BCUT2D eigenvalue weighted by Gasteiger charge is -2.13. The predicted octanol–water partition coefficient (Wildman–Crippen LogP) is 4.83. The normalized spacial score (nSPS) is 11.7. The van der Waals surface area contributed by atoms with Crippen molar-refractivity contribution in [3.8, 4) is 0 Å². The Labute approximate surface area is 159 Å². The van der Waals surface area contributed by atoms with E-state index in [1.54, 1.807) is 25.1 Å². The van der Waals surface area contributed by atoms with Crippen LogP contribution in [0, 0.1) is 5.82 Å². The van der Waals surface area contributed by atoms with Gasteiger partial charge in [-0.3, -0.25) is 9.59 Å². The van der Waals surface area contributed by atoms with E-state index in [0.717, 1.165) is 0 Å². The Kier molecular flexibility index (Phi) is 7.11. The van der Waals surface area contributed by atoms with Crippen molar-refractivity contribution >= 4 is 58.2 Å². The van der Waals surface area contributed by atoms with Gasteiger partial charge >= 0.3 is 0 Å². The van der Waals surface area contributed by atoms with E-state index in [-0.39, 0.29) is 23.4 Å². The lowest BCUT2D eigenvalue weighted by molar-refractivity contribution is -0.115. The van der Waals surface area contributed by atoms with Crippen molar-refractivity contribution in [2.24, 2.45) is 0 Å². The maximum Gasteiger partial charge on any atom is 0.237 e. The Morgan fingerprint density at radius 3 is 2.48 bits per heavy atom. The number of benzene rings is 2. The molecule has 0 unspecified atom stereocenters. The van der Waals surface area contributed by atoms with E-state index >= 15 is 0 Å². The van der Waals surface area contributed by atoms with Crippen LogP contribution in [0.4, 0.5) is 15.8 Å². The summed E-state index contributed by atoms with van der Waals surface area (Å²) >= 11 is 13.1. The minimum atomic E-state index is -0.478. The molecule has 2 aromatic rings. The molecule has 0 aliphatic heterocycles. The Hall–Kier alpha value is -1.76. The fourth-order valence-corrected chi connectivity index (χ4v) is 2.86. The van der Waals surface area contributed by atoms with Crippen molar-refractivity contribution in [1.82, 2.24) is 0 Å². The summed E-state index contributed by atoms with van der Waals surface area (Å²) in [5.74, 6) is -0.868. The molecule has 0 heterocycles. The minimum absolute atomic E-state index is 0.0786. The molecule has 2 N–H and O–H groups in total. The molecule has 0 bridgehead atoms. The van der Waals surface area contributed by atoms with E-state index in [0.29, 0.717) is 21.4 Å². The zero-order valence-corrected chi connectivity index (χ0v) is 15.5. The van der Waals surface area contributed by atoms with Crippen molar-refractivity contribution in [3.05, 3.63) is 58.3 Å². The number of hydrogen-bond acceptors (Lipinski definition) is 3. The van der Waals surface area contributed by atoms with Gasteiger partial charge in [-0.1, -0.05) is 23.2 Å². The summed E-state index contributed by atoms with van der Waals surface area (Å²) < 4.78 is 12.8. The highest BCUT2D eigenvalue weighted by Crippen LogP contribution is 2.26. The number of hydrogen-bond donors (Lipinski definition) is 2. The van der Waals surface area contributed by atoms with Gasteiger partial charge < -0.3 is 10.6 Å². The van der Waals surface area contributed by atoms with E-state index in [1.165, 1.54) is 36.0 Å². The molecule has 25 heavy (non-hydrogen) atoms. The van der Waals surface area contributed by atoms with Gasteiger partial charge in [0.25, 0.3) is 0 Å². The third-order valence-electron chi connectivity index (χ3n) is 3.15. The summed E-state index contributed by atoms with van der Waals surface area (Å²) in [5.41, 5.74) is 0.914. The molecule has 4 nitrogen and oxygen atoms in total. The second-order valence-electron chi connectivity index (χ2n) is 5.12. The molecule has 0 fully saturated rings. The molecule has 2 rings (SSSR count). The van der Waals surface area contributed by atoms with Crippen LogP contribution >= 0.6 is 35.0 Å². The molecular weight excluding hydrogens is 386 g/mol. The number of anilines is 2. The summed E-state index contributed by atoms with van der Waals surface area (Å²) in [7, 11) is 0. The first-order valence-electron chi connectivity index (χ1n) is 7.28. The lowest BCUT2D eigenvalue weighted by Crippen LogP contribution is -2.25. The van der Waals surface area contributed by atoms with Crippen molar-refractivity contribution in [2.45, 2.75) is 12.2 Å². The van der Waals surface area contributed by atoms with Crippen LogP contribution in [0.3, 0.4) is 0 Å². The maximum absolute atomic E-state index is 12.8. The molecule has 0 aliphatic rings. The Morgan fingerprint density at radius 2 is 1.80 bits per heavy atom. The molecule has 8 heteroatoms. The van der Waals surface area contributed by atoms with Crippen LogP contribution in [0.1, 0.15) is 6.92 Å². The third kappa shape index (κ3) is 6.23. The fourth-order valence-electron chi connectivity index (χ4n) is 1.83. The summed E-state index contributed by atoms with van der Waals surface area (Å²) in [5, 5.41) is 5.67. The van der Waals surface area contributed by atoms with Gasteiger partial charge in [0, 0.05) is 10.7 Å². The number of halogens is 3. The maximum atomic E-state index is 12.8. The average molecular weight is 401 g/mol. The first-order valence-corrected chi connectivity index (χ1v) is 9.08. The number of thioether (sulfide) groups is 1. The highest BCUT2D eigenvalue weighted by Gasteiger charge is 2.16. The number of amides is 2. The second kappa shape index (κ2) is 9.08. The third-order valence-corrected chi connectivity index (χ3v) is 4.86. The van der Waals surface area contributed by atoms with Crippen molar-refractivity contribution < 1.29 is 14.0 Å². The molecule has 0 radical (unpaired) electrons. The van der Waals surface area contributed by atoms with Crippen molar-refractivity contribution in [2.75, 3.05) is 16.4 Å². The summed E-state index contributed by atoms with van der Waals surface area (Å²) in [4.78, 5) is 24.1. The first-order chi connectivity index (χ1) is 11.8. The molecule has 0 saturated heterocycles. The van der Waals surface area contributed by atoms with Crippen LogP contribution in [0.15, 0.2) is 42.5 Å². The molecule has 0 aliphatic carbocycles. The van der Waals surface area contributed by atoms with E-state index in [4.69, 9.17) is 23.2 Å². The second-order valence-corrected chi connectivity index (χ2v) is 7.29. The predicted molar refractivity (Wildman–Crippen MR) is 102 cm³/mol. The quantitative estimate of drug-likeness (QED) is 0.729. The molecule has 1 atom stereocenters. The molecular formula is C17H15Cl2FN2O2S. The van der Waals surface area contributed by atoms with Crippen LogP contribution in [-0.4, -0.2) is 22.8 Å². The summed E-state index contributed by atoms with van der Waals surface area (Å²) in [6.07, 6.45) is 0. The highest BCUT2D eigenvalue weighted by molar-refractivity contribution is 8.01. The van der Waals surface area contributed by atoms with Gasteiger partial charge in [-0.15, -0.1) is 11.8 Å². The minimum Gasteiger partial charge on any atom is -0.325 e. The van der Waals surface area contributed by atoms with Gasteiger partial charge in [0.2, 0.25) is 11.8 Å². The van der Waals surface area contributed by atoms with Gasteiger partial charge in [0.05, 0.1) is 21.7 Å². The molecule has 2 aromatic carbocycles. The smallest absolute Gasteiger partial charge is 0.237 e. The Morgan fingerprint density at radius 1 is 1.12 bits per heavy atom. The monoisotopic (exact) mass is 400 g/mol. The van der Waals surface area contributed by atoms with Crippen LogP contribution in [0.5, 0.6) is 0 Å². The topological polar surface area (TPSA) is 58.2 Å². The molecule has 0 saturated carbocycles. The first kappa shape index (κ1) is 19.6. The van der Waals surface area contributed by atoms with Gasteiger partial charge in [0.15, 0.2) is 0 Å². The fraction of sp³-hybridized carbons (Fsp3) is 0.176. The van der Waals surface area contributed by atoms with Crippen molar-refractivity contribution in [1.29, 1.82) is 0 Å². The van der Waals surface area contributed by atoms with E-state index in [2.05, 4.69) is 10.6 Å². The van der Waals surface area contributed by atoms with Crippen molar-refractivity contribution in [3.63, 3.8) is 0 Å². The Balaban J connectivity index is 1.83. The molecule has 0 aromatic heterocycles. The number of rotatable bonds is 6. The zero-order chi connectivity index (χ0) is 18.4. The van der Waals surface area contributed by atoms with E-state index in [1.807, 2.05) is 0 Å². The zero-order valence-electron chi connectivity index (χ0n) is 13.2. The van der Waals surface area contributed by atoms with E-state index in [9.17, 15) is 14.0 Å². The van der Waals surface area contributed by atoms with Crippen LogP contribution in [0.25, 0.3) is 0 Å². The van der Waals surface area contributed by atoms with Gasteiger partial charge in [-0.25, -0.2) is 4.39 Å². The van der Waals surface area contributed by atoms with E-state index < -0.39 is 5.25 Å². The number of nitrogens with one attached hydrogen (secondary N) is 2. The molecule has 2 amide bonds. The molecule has 132 valence electrons. The largest absolute Gasteiger partial charge is 0.325 e. The van der Waals surface area contributed by atoms with Crippen LogP contribution in [0.2, 0.25) is 10.0 Å². The molecule has 0 spiro atoms. The number of carbonyl (C=O) groups excluding carboxylic acids is 2. The summed E-state index contributed by atoms with van der Waals surface area (Å²) in [6, 6.07) is 10.2. The van der Waals surface area contributed by atoms with Crippen LogP contribution in [-0.2, 0) is 9.59 Å². The summed E-state index contributed by atoms with van der Waals surface area (Å²) in [6.45, 7) is 1.68. The van der Waals surface area contributed by atoms with Gasteiger partial charge in [0.1, 0.15) is 5.82 Å². The van der Waals surface area contributed by atoms with Gasteiger partial charge in [-0.2, -0.15) is 0 Å². The average Bonchev–Trinajstić information content (AvgIpc) is 2.58. The SMILES string of the molecule is C[C@H](SCC(=O)Nc1ccc(F)cc1)C(=O)Nc1cc(Cl)ccc1Cl. The van der Waals surface area contributed by atoms with Crippen LogP contribution < -0.4 is 10.6 Å². The standard InChI is InChI=1S/C17H15Cl2FN2O2S/c1-10(17(24)22-15-8-11(18)2-7-14(15)19)25-9-16(23)21-13-5-3-12(20)4-6-13/h2-8,10H,9H2,1H3,(H,21,23)(H,22,24)/t10-/m0/s1. The lowest BCUT2D eigenvalue weighted by atomic mass is 10.3.